The number of hydrogen-bond acceptors (Lipinski definition) is 2. The average Bonchev–Trinajstić information content (AvgIpc) is 2.65. The van der Waals surface area contributed by atoms with Gasteiger partial charge in [-0.25, -0.2) is 0 Å². The molecule has 2 aliphatic carbocycles. The van der Waals surface area contributed by atoms with Gasteiger partial charge in [0.25, 0.3) is 0 Å². The van der Waals surface area contributed by atoms with Crippen LogP contribution in [0.2, 0.25) is 0 Å². The predicted molar refractivity (Wildman–Crippen MR) is 80.8 cm³/mol. The van der Waals surface area contributed by atoms with Crippen molar-refractivity contribution in [2.45, 2.75) is 44.9 Å². The van der Waals surface area contributed by atoms with Gasteiger partial charge in [0.05, 0.1) is 0 Å². The number of nitrogens with one attached hydrogen (secondary N) is 1. The van der Waals surface area contributed by atoms with Gasteiger partial charge >= 0.3 is 0 Å². The average molecular weight is 288 g/mol. The van der Waals surface area contributed by atoms with E-state index in [0.717, 1.165) is 50.6 Å². The van der Waals surface area contributed by atoms with Gasteiger partial charge in [0, 0.05) is 23.5 Å². The number of fused-ring (bicyclic) bond motifs is 1. The molecule has 0 radical (unpaired) electrons. The molecular weight excluding hydrogens is 264 g/mol. The number of carbonyl (C=O) groups is 2. The molecule has 1 aliphatic heterocycles. The molecule has 1 saturated carbocycles. The van der Waals surface area contributed by atoms with E-state index >= 15 is 0 Å². The van der Waals surface area contributed by atoms with E-state index < -0.39 is 0 Å². The van der Waals surface area contributed by atoms with E-state index in [2.05, 4.69) is 11.4 Å². The van der Waals surface area contributed by atoms with E-state index in [1.54, 1.807) is 0 Å². The Hall–Kier alpha value is -1.58. The Balaban J connectivity index is 1.71. The maximum Gasteiger partial charge on any atom is 0.227 e. The lowest BCUT2D eigenvalue weighted by molar-refractivity contribution is -0.129. The molecule has 4 atom stereocenters. The van der Waals surface area contributed by atoms with Crippen molar-refractivity contribution in [1.29, 1.82) is 0 Å². The standard InChI is InChI=1S/C17H24N2O2/c18-16(20)13-6-3-5-12(10-13)14-9-8-11-4-1-2-7-15(11)19-17(14)21/h1-2,7,11-14H,3-6,8-10H2,(H2,18,20)(H,19,21). The lowest BCUT2D eigenvalue weighted by Gasteiger charge is -2.32. The molecule has 4 heteroatoms. The maximum atomic E-state index is 12.6. The molecule has 0 aromatic carbocycles. The van der Waals surface area contributed by atoms with Gasteiger partial charge in [-0.15, -0.1) is 0 Å². The SMILES string of the molecule is NC(=O)C1CCCC(C2CCC3CC=CC=C3NC2=O)C1. The summed E-state index contributed by atoms with van der Waals surface area (Å²) in [6.45, 7) is 0. The lowest BCUT2D eigenvalue weighted by Crippen LogP contribution is -2.37. The first kappa shape index (κ1) is 14.4. The second-order valence-corrected chi connectivity index (χ2v) is 6.68. The molecule has 3 rings (SSSR count). The number of hydrogen-bond donors (Lipinski definition) is 2. The van der Waals surface area contributed by atoms with Crippen LogP contribution < -0.4 is 11.1 Å². The molecule has 0 aromatic heterocycles. The molecule has 2 fully saturated rings. The Morgan fingerprint density at radius 2 is 2.10 bits per heavy atom. The topological polar surface area (TPSA) is 72.2 Å². The van der Waals surface area contributed by atoms with Crippen LogP contribution in [0.15, 0.2) is 23.9 Å². The Kier molecular flexibility index (Phi) is 4.13. The summed E-state index contributed by atoms with van der Waals surface area (Å²) < 4.78 is 0. The zero-order valence-electron chi connectivity index (χ0n) is 12.4. The fraction of sp³-hybridized carbons (Fsp3) is 0.647. The monoisotopic (exact) mass is 288 g/mol. The summed E-state index contributed by atoms with van der Waals surface area (Å²) in [5, 5.41) is 3.13. The Bertz CT molecular complexity index is 495. The molecule has 1 saturated heterocycles. The second kappa shape index (κ2) is 6.04. The normalized spacial score (nSPS) is 36.2. The van der Waals surface area contributed by atoms with E-state index in [9.17, 15) is 9.59 Å². The first-order valence-corrected chi connectivity index (χ1v) is 8.12. The van der Waals surface area contributed by atoms with Crippen LogP contribution >= 0.6 is 0 Å². The van der Waals surface area contributed by atoms with Crippen LogP contribution in [0, 0.1) is 23.7 Å². The van der Waals surface area contributed by atoms with Crippen LogP contribution in [-0.2, 0) is 9.59 Å². The van der Waals surface area contributed by atoms with Crippen molar-refractivity contribution in [1.82, 2.24) is 5.32 Å². The summed E-state index contributed by atoms with van der Waals surface area (Å²) >= 11 is 0. The van der Waals surface area contributed by atoms with Gasteiger partial charge in [0.1, 0.15) is 0 Å². The molecule has 2 amide bonds. The molecule has 3 aliphatic rings. The second-order valence-electron chi connectivity index (χ2n) is 6.68. The third kappa shape index (κ3) is 3.04. The smallest absolute Gasteiger partial charge is 0.227 e. The van der Waals surface area contributed by atoms with Crippen molar-refractivity contribution in [3.63, 3.8) is 0 Å². The highest BCUT2D eigenvalue weighted by Crippen LogP contribution is 2.39. The summed E-state index contributed by atoms with van der Waals surface area (Å²) in [5.74, 6) is 0.717. The van der Waals surface area contributed by atoms with Crippen molar-refractivity contribution in [3.05, 3.63) is 23.9 Å². The van der Waals surface area contributed by atoms with Gasteiger partial charge in [-0.05, 0) is 50.5 Å². The number of primary amides is 1. The molecule has 21 heavy (non-hydrogen) atoms. The molecule has 0 bridgehead atoms. The van der Waals surface area contributed by atoms with Crippen LogP contribution in [0.25, 0.3) is 0 Å². The van der Waals surface area contributed by atoms with Gasteiger partial charge in [0.2, 0.25) is 11.8 Å². The fourth-order valence-electron chi connectivity index (χ4n) is 4.14. The molecule has 1 heterocycles. The quantitative estimate of drug-likeness (QED) is 0.818. The third-order valence-corrected chi connectivity index (χ3v) is 5.39. The first-order chi connectivity index (χ1) is 10.1. The molecule has 3 N–H and O–H groups in total. The third-order valence-electron chi connectivity index (χ3n) is 5.39. The Labute approximate surface area is 125 Å². The maximum absolute atomic E-state index is 12.6. The highest BCUT2D eigenvalue weighted by atomic mass is 16.2. The van der Waals surface area contributed by atoms with Crippen LogP contribution in [-0.4, -0.2) is 11.8 Å². The number of carbonyl (C=O) groups excluding carboxylic acids is 2. The number of rotatable bonds is 2. The van der Waals surface area contributed by atoms with E-state index in [4.69, 9.17) is 5.73 Å². The van der Waals surface area contributed by atoms with Gasteiger partial charge in [-0.1, -0.05) is 18.6 Å². The largest absolute Gasteiger partial charge is 0.369 e. The highest BCUT2D eigenvalue weighted by Gasteiger charge is 2.37. The molecule has 4 nitrogen and oxygen atoms in total. The van der Waals surface area contributed by atoms with Crippen molar-refractivity contribution >= 4 is 11.8 Å². The van der Waals surface area contributed by atoms with E-state index in [1.807, 2.05) is 12.2 Å². The van der Waals surface area contributed by atoms with Crippen LogP contribution in [0.5, 0.6) is 0 Å². The van der Waals surface area contributed by atoms with Gasteiger partial charge in [-0.3, -0.25) is 9.59 Å². The Morgan fingerprint density at radius 1 is 1.24 bits per heavy atom. The van der Waals surface area contributed by atoms with Gasteiger partial charge in [0.15, 0.2) is 0 Å². The van der Waals surface area contributed by atoms with Crippen molar-refractivity contribution in [2.24, 2.45) is 29.4 Å². The number of nitrogens with two attached hydrogens (primary N) is 1. The summed E-state index contributed by atoms with van der Waals surface area (Å²) in [5.41, 5.74) is 6.54. The van der Waals surface area contributed by atoms with Gasteiger partial charge < -0.3 is 11.1 Å². The number of amides is 2. The summed E-state index contributed by atoms with van der Waals surface area (Å²) in [6, 6.07) is 0. The Morgan fingerprint density at radius 3 is 2.90 bits per heavy atom. The zero-order chi connectivity index (χ0) is 14.8. The molecule has 114 valence electrons. The van der Waals surface area contributed by atoms with Gasteiger partial charge in [-0.2, -0.15) is 0 Å². The summed E-state index contributed by atoms with van der Waals surface area (Å²) in [6.07, 6.45) is 13.0. The minimum Gasteiger partial charge on any atom is -0.369 e. The molecule has 0 spiro atoms. The summed E-state index contributed by atoms with van der Waals surface area (Å²) in [4.78, 5) is 24.0. The molecule has 0 aromatic rings. The zero-order valence-corrected chi connectivity index (χ0v) is 12.4. The van der Waals surface area contributed by atoms with Crippen molar-refractivity contribution in [2.75, 3.05) is 0 Å². The van der Waals surface area contributed by atoms with Crippen LogP contribution in [0.1, 0.15) is 44.9 Å². The first-order valence-electron chi connectivity index (χ1n) is 8.12. The van der Waals surface area contributed by atoms with Crippen LogP contribution in [0.4, 0.5) is 0 Å². The fourth-order valence-corrected chi connectivity index (χ4v) is 4.14. The van der Waals surface area contributed by atoms with E-state index in [1.165, 1.54) is 0 Å². The molecule has 4 unspecified atom stereocenters. The highest BCUT2D eigenvalue weighted by molar-refractivity contribution is 5.81. The molecular formula is C17H24N2O2. The lowest BCUT2D eigenvalue weighted by atomic mass is 9.73. The van der Waals surface area contributed by atoms with Crippen LogP contribution in [0.3, 0.4) is 0 Å². The van der Waals surface area contributed by atoms with Crippen molar-refractivity contribution < 1.29 is 9.59 Å². The summed E-state index contributed by atoms with van der Waals surface area (Å²) in [7, 11) is 0. The number of allylic oxidation sites excluding steroid dienone is 4. The van der Waals surface area contributed by atoms with E-state index in [-0.39, 0.29) is 23.7 Å². The van der Waals surface area contributed by atoms with Crippen molar-refractivity contribution in [3.8, 4) is 0 Å². The van der Waals surface area contributed by atoms with E-state index in [0.29, 0.717) is 11.8 Å². The minimum absolute atomic E-state index is 0.0389. The minimum atomic E-state index is -0.200. The predicted octanol–water partition coefficient (Wildman–Crippen LogP) is 2.26.